The zero-order valence-electron chi connectivity index (χ0n) is 18.4. The Labute approximate surface area is 206 Å². The van der Waals surface area contributed by atoms with Crippen molar-refractivity contribution in [1.29, 1.82) is 0 Å². The number of halogens is 1. The highest BCUT2D eigenvalue weighted by Gasteiger charge is 2.27. The molecule has 0 aliphatic carbocycles. The van der Waals surface area contributed by atoms with Crippen LogP contribution in [0, 0.1) is 6.92 Å². The van der Waals surface area contributed by atoms with Crippen LogP contribution in [-0.2, 0) is 19.6 Å². The van der Waals surface area contributed by atoms with E-state index in [0.29, 0.717) is 16.8 Å². The van der Waals surface area contributed by atoms with E-state index in [1.54, 1.807) is 60.7 Å². The largest absolute Gasteiger partial charge is 0.465 e. The standard InChI is InChI=1S/C24H22BrN3O5S/c1-17-3-13-22(14-4-17)34(31,32)28(21-11-9-20(25)10-12-21)16-23(29)27-26-15-18-5-7-19(8-6-18)24(30)33-2/h3-15H,16H2,1-2H3,(H,27,29)/b26-15-. The van der Waals surface area contributed by atoms with Gasteiger partial charge in [0.15, 0.2) is 0 Å². The lowest BCUT2D eigenvalue weighted by Crippen LogP contribution is -2.39. The fraction of sp³-hybridized carbons (Fsp3) is 0.125. The molecule has 0 radical (unpaired) electrons. The van der Waals surface area contributed by atoms with Gasteiger partial charge in [-0.3, -0.25) is 9.10 Å². The van der Waals surface area contributed by atoms with Gasteiger partial charge in [-0.05, 0) is 61.0 Å². The molecular weight excluding hydrogens is 522 g/mol. The molecule has 3 aromatic rings. The molecule has 0 fully saturated rings. The Balaban J connectivity index is 1.77. The van der Waals surface area contributed by atoms with Gasteiger partial charge in [-0.15, -0.1) is 0 Å². The third-order valence-electron chi connectivity index (χ3n) is 4.75. The molecule has 3 aromatic carbocycles. The van der Waals surface area contributed by atoms with Crippen molar-refractivity contribution in [3.63, 3.8) is 0 Å². The summed E-state index contributed by atoms with van der Waals surface area (Å²) in [6.45, 7) is 1.38. The molecule has 0 spiro atoms. The molecule has 1 amide bonds. The molecule has 0 heterocycles. The van der Waals surface area contributed by atoms with Gasteiger partial charge in [0.2, 0.25) is 0 Å². The molecular formula is C24H22BrN3O5S. The number of benzene rings is 3. The normalized spacial score (nSPS) is 11.3. The predicted octanol–water partition coefficient (Wildman–Crippen LogP) is 3.89. The topological polar surface area (TPSA) is 105 Å². The third kappa shape index (κ3) is 6.30. The van der Waals surface area contributed by atoms with Crippen LogP contribution in [0.15, 0.2) is 87.3 Å². The number of esters is 1. The Morgan fingerprint density at radius 2 is 1.62 bits per heavy atom. The number of hydrazone groups is 1. The fourth-order valence-corrected chi connectivity index (χ4v) is 4.61. The van der Waals surface area contributed by atoms with Gasteiger partial charge in [0, 0.05) is 4.47 Å². The Hall–Kier alpha value is -3.50. The molecule has 0 bridgehead atoms. The van der Waals surface area contributed by atoms with Crippen molar-refractivity contribution in [2.75, 3.05) is 18.0 Å². The van der Waals surface area contributed by atoms with Crippen molar-refractivity contribution in [3.05, 3.63) is 94.0 Å². The first-order valence-corrected chi connectivity index (χ1v) is 12.3. The number of nitrogens with zero attached hydrogens (tertiary/aromatic N) is 2. The van der Waals surface area contributed by atoms with Crippen LogP contribution in [0.25, 0.3) is 0 Å². The van der Waals surface area contributed by atoms with Crippen molar-refractivity contribution in [2.45, 2.75) is 11.8 Å². The number of hydrogen-bond acceptors (Lipinski definition) is 6. The number of anilines is 1. The molecule has 0 unspecified atom stereocenters. The van der Waals surface area contributed by atoms with Gasteiger partial charge >= 0.3 is 5.97 Å². The second-order valence-electron chi connectivity index (χ2n) is 7.21. The molecule has 176 valence electrons. The summed E-state index contributed by atoms with van der Waals surface area (Å²) in [7, 11) is -2.71. The first-order valence-electron chi connectivity index (χ1n) is 10.1. The number of methoxy groups -OCH3 is 1. The number of sulfonamides is 1. The lowest BCUT2D eigenvalue weighted by Gasteiger charge is -2.23. The van der Waals surface area contributed by atoms with E-state index in [1.165, 1.54) is 25.5 Å². The summed E-state index contributed by atoms with van der Waals surface area (Å²) in [4.78, 5) is 24.2. The Bertz CT molecular complexity index is 1290. The summed E-state index contributed by atoms with van der Waals surface area (Å²) in [5, 5.41) is 3.89. The monoisotopic (exact) mass is 543 g/mol. The van der Waals surface area contributed by atoms with Crippen LogP contribution in [0.4, 0.5) is 5.69 Å². The number of ether oxygens (including phenoxy) is 1. The quantitative estimate of drug-likeness (QED) is 0.263. The molecule has 0 saturated heterocycles. The zero-order valence-corrected chi connectivity index (χ0v) is 20.8. The number of carbonyl (C=O) groups excluding carboxylic acids is 2. The summed E-state index contributed by atoms with van der Waals surface area (Å²) in [5.74, 6) is -1.08. The van der Waals surface area contributed by atoms with Crippen LogP contribution in [0.2, 0.25) is 0 Å². The van der Waals surface area contributed by atoms with E-state index in [2.05, 4.69) is 31.2 Å². The molecule has 34 heavy (non-hydrogen) atoms. The first-order chi connectivity index (χ1) is 16.2. The van der Waals surface area contributed by atoms with Crippen LogP contribution in [0.3, 0.4) is 0 Å². The van der Waals surface area contributed by atoms with Crippen molar-refractivity contribution in [2.24, 2.45) is 5.10 Å². The fourth-order valence-electron chi connectivity index (χ4n) is 2.93. The van der Waals surface area contributed by atoms with Gasteiger partial charge in [0.05, 0.1) is 29.5 Å². The molecule has 0 aliphatic rings. The van der Waals surface area contributed by atoms with E-state index in [1.807, 2.05) is 6.92 Å². The molecule has 8 nitrogen and oxygen atoms in total. The van der Waals surface area contributed by atoms with E-state index in [0.717, 1.165) is 14.3 Å². The highest BCUT2D eigenvalue weighted by molar-refractivity contribution is 9.10. The second kappa shape index (κ2) is 11.1. The number of aryl methyl sites for hydroxylation is 1. The highest BCUT2D eigenvalue weighted by Crippen LogP contribution is 2.25. The van der Waals surface area contributed by atoms with Gasteiger partial charge in [-0.1, -0.05) is 45.8 Å². The SMILES string of the molecule is COC(=O)c1ccc(/C=N\NC(=O)CN(c2ccc(Br)cc2)S(=O)(=O)c2ccc(C)cc2)cc1. The number of amides is 1. The summed E-state index contributed by atoms with van der Waals surface area (Å²) >= 11 is 3.33. The molecule has 3 rings (SSSR count). The maximum Gasteiger partial charge on any atom is 0.337 e. The molecule has 1 N–H and O–H groups in total. The summed E-state index contributed by atoms with van der Waals surface area (Å²) < 4.78 is 33.1. The number of nitrogens with one attached hydrogen (secondary N) is 1. The lowest BCUT2D eigenvalue weighted by molar-refractivity contribution is -0.119. The average molecular weight is 544 g/mol. The van der Waals surface area contributed by atoms with Crippen LogP contribution >= 0.6 is 15.9 Å². The summed E-state index contributed by atoms with van der Waals surface area (Å²) in [5.41, 5.74) is 4.61. The second-order valence-corrected chi connectivity index (χ2v) is 9.99. The summed E-state index contributed by atoms with van der Waals surface area (Å²) in [6, 6.07) is 19.4. The van der Waals surface area contributed by atoms with E-state index in [-0.39, 0.29) is 4.90 Å². The van der Waals surface area contributed by atoms with E-state index >= 15 is 0 Å². The minimum atomic E-state index is -4.01. The highest BCUT2D eigenvalue weighted by atomic mass is 79.9. The molecule has 0 aliphatic heterocycles. The van der Waals surface area contributed by atoms with Crippen LogP contribution in [0.5, 0.6) is 0 Å². The molecule has 0 saturated carbocycles. The zero-order chi connectivity index (χ0) is 24.7. The van der Waals surface area contributed by atoms with Gasteiger partial charge in [0.1, 0.15) is 6.54 Å². The van der Waals surface area contributed by atoms with Gasteiger partial charge in [-0.25, -0.2) is 18.6 Å². The Morgan fingerprint density at radius 1 is 1.00 bits per heavy atom. The van der Waals surface area contributed by atoms with Gasteiger partial charge in [0.25, 0.3) is 15.9 Å². The van der Waals surface area contributed by atoms with E-state index in [4.69, 9.17) is 0 Å². The number of rotatable bonds is 8. The molecule has 0 atom stereocenters. The minimum Gasteiger partial charge on any atom is -0.465 e. The Morgan fingerprint density at radius 3 is 2.21 bits per heavy atom. The average Bonchev–Trinajstić information content (AvgIpc) is 2.83. The predicted molar refractivity (Wildman–Crippen MR) is 133 cm³/mol. The van der Waals surface area contributed by atoms with Crippen LogP contribution in [-0.4, -0.2) is 40.2 Å². The van der Waals surface area contributed by atoms with Gasteiger partial charge < -0.3 is 4.74 Å². The smallest absolute Gasteiger partial charge is 0.337 e. The molecule has 10 heteroatoms. The van der Waals surface area contributed by atoms with Crippen molar-refractivity contribution < 1.29 is 22.7 Å². The summed E-state index contributed by atoms with van der Waals surface area (Å²) in [6.07, 6.45) is 1.39. The molecule has 0 aromatic heterocycles. The first kappa shape index (κ1) is 25.1. The Kier molecular flexibility index (Phi) is 8.19. The van der Waals surface area contributed by atoms with Crippen molar-refractivity contribution >= 4 is 49.7 Å². The maximum absolute atomic E-state index is 13.3. The minimum absolute atomic E-state index is 0.0722. The maximum atomic E-state index is 13.3. The number of hydrogen-bond donors (Lipinski definition) is 1. The van der Waals surface area contributed by atoms with Crippen LogP contribution in [0.1, 0.15) is 21.5 Å². The van der Waals surface area contributed by atoms with Crippen LogP contribution < -0.4 is 9.73 Å². The third-order valence-corrected chi connectivity index (χ3v) is 7.06. The van der Waals surface area contributed by atoms with Crippen molar-refractivity contribution in [1.82, 2.24) is 5.43 Å². The number of carbonyl (C=O) groups is 2. The van der Waals surface area contributed by atoms with Crippen molar-refractivity contribution in [3.8, 4) is 0 Å². The lowest BCUT2D eigenvalue weighted by atomic mass is 10.1. The van der Waals surface area contributed by atoms with Gasteiger partial charge in [-0.2, -0.15) is 5.10 Å². The van der Waals surface area contributed by atoms with E-state index in [9.17, 15) is 18.0 Å². The van der Waals surface area contributed by atoms with E-state index < -0.39 is 28.4 Å².